The fourth-order valence-electron chi connectivity index (χ4n) is 4.25. The molecule has 2 heterocycles. The van der Waals surface area contributed by atoms with Crippen LogP contribution in [0.1, 0.15) is 24.2 Å². The lowest BCUT2D eigenvalue weighted by atomic mass is 10.1. The SMILES string of the molecule is CCN(CC)CCn1c(NC(=O)c2cc([N+](=O)[O-])ccc2N2CCOCC2)nc2ccccc21. The monoisotopic (exact) mass is 466 g/mol. The fourth-order valence-corrected chi connectivity index (χ4v) is 4.25. The van der Waals surface area contributed by atoms with Crippen molar-refractivity contribution in [2.24, 2.45) is 0 Å². The highest BCUT2D eigenvalue weighted by Crippen LogP contribution is 2.28. The lowest BCUT2D eigenvalue weighted by Gasteiger charge is -2.30. The normalized spacial score (nSPS) is 14.0. The first-order chi connectivity index (χ1) is 16.5. The summed E-state index contributed by atoms with van der Waals surface area (Å²) in [5, 5.41) is 14.4. The van der Waals surface area contributed by atoms with E-state index in [0.29, 0.717) is 44.5 Å². The molecular formula is C24H30N6O4. The highest BCUT2D eigenvalue weighted by molar-refractivity contribution is 6.08. The Kier molecular flexibility index (Phi) is 7.39. The van der Waals surface area contributed by atoms with Crippen LogP contribution in [0.5, 0.6) is 0 Å². The number of aromatic nitrogens is 2. The van der Waals surface area contributed by atoms with Gasteiger partial charge in [0, 0.05) is 38.3 Å². The van der Waals surface area contributed by atoms with Crippen LogP contribution < -0.4 is 10.2 Å². The van der Waals surface area contributed by atoms with Crippen LogP contribution in [0.15, 0.2) is 42.5 Å². The Morgan fingerprint density at radius 1 is 1.18 bits per heavy atom. The van der Waals surface area contributed by atoms with Crippen molar-refractivity contribution in [3.63, 3.8) is 0 Å². The van der Waals surface area contributed by atoms with Crippen LogP contribution in [0.2, 0.25) is 0 Å². The summed E-state index contributed by atoms with van der Waals surface area (Å²) in [7, 11) is 0. The van der Waals surface area contributed by atoms with Crippen LogP contribution in [0.25, 0.3) is 11.0 Å². The Hall–Kier alpha value is -3.50. The zero-order valence-corrected chi connectivity index (χ0v) is 19.6. The maximum Gasteiger partial charge on any atom is 0.270 e. The average Bonchev–Trinajstić information content (AvgIpc) is 3.21. The molecule has 1 fully saturated rings. The van der Waals surface area contributed by atoms with E-state index >= 15 is 0 Å². The minimum atomic E-state index is -0.487. The van der Waals surface area contributed by atoms with E-state index in [1.165, 1.54) is 12.1 Å². The highest BCUT2D eigenvalue weighted by atomic mass is 16.6. The van der Waals surface area contributed by atoms with Gasteiger partial charge in [0.1, 0.15) is 0 Å². The molecule has 4 rings (SSSR count). The number of hydrogen-bond donors (Lipinski definition) is 1. The van der Waals surface area contributed by atoms with Gasteiger partial charge in [-0.2, -0.15) is 0 Å². The largest absolute Gasteiger partial charge is 0.378 e. The quantitative estimate of drug-likeness (QED) is 0.381. The van der Waals surface area contributed by atoms with Gasteiger partial charge < -0.3 is 19.1 Å². The van der Waals surface area contributed by atoms with Gasteiger partial charge in [-0.05, 0) is 31.3 Å². The molecule has 0 atom stereocenters. The molecule has 0 unspecified atom stereocenters. The van der Waals surface area contributed by atoms with Crippen molar-refractivity contribution in [2.45, 2.75) is 20.4 Å². The van der Waals surface area contributed by atoms with Crippen molar-refractivity contribution in [2.75, 3.05) is 56.2 Å². The van der Waals surface area contributed by atoms with E-state index in [-0.39, 0.29) is 11.3 Å². The van der Waals surface area contributed by atoms with Gasteiger partial charge >= 0.3 is 0 Å². The molecule has 0 saturated carbocycles. The summed E-state index contributed by atoms with van der Waals surface area (Å²) in [6, 6.07) is 12.1. The van der Waals surface area contributed by atoms with E-state index in [0.717, 1.165) is 30.7 Å². The first kappa shape index (κ1) is 23.7. The number of nitrogens with one attached hydrogen (secondary N) is 1. The second-order valence-electron chi connectivity index (χ2n) is 8.11. The van der Waals surface area contributed by atoms with Gasteiger partial charge in [0.05, 0.1) is 40.4 Å². The van der Waals surface area contributed by atoms with Crippen molar-refractivity contribution >= 4 is 34.3 Å². The number of amides is 1. The van der Waals surface area contributed by atoms with Gasteiger partial charge in [-0.1, -0.05) is 26.0 Å². The molecule has 0 bridgehead atoms. The molecule has 2 aromatic carbocycles. The van der Waals surface area contributed by atoms with Crippen molar-refractivity contribution in [3.8, 4) is 0 Å². The predicted molar refractivity (Wildman–Crippen MR) is 132 cm³/mol. The standard InChI is InChI=1S/C24H30N6O4/c1-3-27(4-2)11-12-29-22-8-6-5-7-20(22)25-24(29)26-23(31)19-17-18(30(32)33)9-10-21(19)28-13-15-34-16-14-28/h5-10,17H,3-4,11-16H2,1-2H3,(H,25,26,31). The summed E-state index contributed by atoms with van der Waals surface area (Å²) >= 11 is 0. The number of nitro benzene ring substituents is 1. The molecule has 1 N–H and O–H groups in total. The third-order valence-corrected chi connectivity index (χ3v) is 6.20. The van der Waals surface area contributed by atoms with Crippen LogP contribution in [0, 0.1) is 10.1 Å². The lowest BCUT2D eigenvalue weighted by Crippen LogP contribution is -2.37. The molecule has 10 heteroatoms. The number of benzene rings is 2. The van der Waals surface area contributed by atoms with Crippen LogP contribution in [-0.2, 0) is 11.3 Å². The average molecular weight is 467 g/mol. The number of morpholine rings is 1. The van der Waals surface area contributed by atoms with Crippen LogP contribution in [0.4, 0.5) is 17.3 Å². The van der Waals surface area contributed by atoms with E-state index in [2.05, 4.69) is 29.0 Å². The predicted octanol–water partition coefficient (Wildman–Crippen LogP) is 3.38. The number of fused-ring (bicyclic) bond motifs is 1. The number of nitro groups is 1. The third-order valence-electron chi connectivity index (χ3n) is 6.20. The molecule has 1 aromatic heterocycles. The molecule has 180 valence electrons. The van der Waals surface area contributed by atoms with E-state index < -0.39 is 10.8 Å². The number of ether oxygens (including phenoxy) is 1. The number of anilines is 2. The molecule has 0 spiro atoms. The van der Waals surface area contributed by atoms with Crippen molar-refractivity contribution in [1.82, 2.24) is 14.5 Å². The minimum absolute atomic E-state index is 0.128. The summed E-state index contributed by atoms with van der Waals surface area (Å²) in [6.07, 6.45) is 0. The summed E-state index contributed by atoms with van der Waals surface area (Å²) in [5.74, 6) is 0.00220. The summed E-state index contributed by atoms with van der Waals surface area (Å²) in [6.45, 7) is 9.87. The molecule has 1 saturated heterocycles. The summed E-state index contributed by atoms with van der Waals surface area (Å²) in [4.78, 5) is 33.4. The molecule has 0 radical (unpaired) electrons. The number of likely N-dealkylation sites (N-methyl/N-ethyl adjacent to an activating group) is 1. The first-order valence-corrected chi connectivity index (χ1v) is 11.6. The number of rotatable bonds is 9. The molecule has 1 aliphatic rings. The zero-order valence-electron chi connectivity index (χ0n) is 19.6. The molecule has 10 nitrogen and oxygen atoms in total. The van der Waals surface area contributed by atoms with Crippen molar-refractivity contribution < 1.29 is 14.5 Å². The Morgan fingerprint density at radius 2 is 1.91 bits per heavy atom. The number of carbonyl (C=O) groups excluding carboxylic acids is 1. The van der Waals surface area contributed by atoms with Crippen LogP contribution in [-0.4, -0.2) is 71.2 Å². The van der Waals surface area contributed by atoms with Crippen molar-refractivity contribution in [1.29, 1.82) is 0 Å². The van der Waals surface area contributed by atoms with E-state index in [4.69, 9.17) is 4.74 Å². The molecule has 1 aliphatic heterocycles. The van der Waals surface area contributed by atoms with Gasteiger partial charge in [0.25, 0.3) is 11.6 Å². The van der Waals surface area contributed by atoms with E-state index in [1.807, 2.05) is 33.7 Å². The number of carbonyl (C=O) groups is 1. The van der Waals surface area contributed by atoms with Crippen LogP contribution in [0.3, 0.4) is 0 Å². The number of hydrogen-bond acceptors (Lipinski definition) is 7. The van der Waals surface area contributed by atoms with Gasteiger partial charge in [-0.15, -0.1) is 0 Å². The number of imidazole rings is 1. The van der Waals surface area contributed by atoms with Gasteiger partial charge in [-0.3, -0.25) is 20.2 Å². The molecule has 1 amide bonds. The third kappa shape index (κ3) is 5.02. The second kappa shape index (κ2) is 10.6. The van der Waals surface area contributed by atoms with E-state index in [1.54, 1.807) is 6.07 Å². The van der Waals surface area contributed by atoms with E-state index in [9.17, 15) is 14.9 Å². The summed E-state index contributed by atoms with van der Waals surface area (Å²) < 4.78 is 7.42. The van der Waals surface area contributed by atoms with Gasteiger partial charge in [0.15, 0.2) is 0 Å². The maximum absolute atomic E-state index is 13.5. The van der Waals surface area contributed by atoms with Gasteiger partial charge in [-0.25, -0.2) is 4.98 Å². The van der Waals surface area contributed by atoms with Crippen LogP contribution >= 0.6 is 0 Å². The fraction of sp³-hybridized carbons (Fsp3) is 0.417. The molecule has 3 aromatic rings. The number of para-hydroxylation sites is 2. The Labute approximate surface area is 198 Å². The Balaban J connectivity index is 1.68. The molecule has 0 aliphatic carbocycles. The number of non-ortho nitro benzene ring substituents is 1. The maximum atomic E-state index is 13.5. The number of nitrogens with zero attached hydrogens (tertiary/aromatic N) is 5. The Bertz CT molecular complexity index is 1170. The smallest absolute Gasteiger partial charge is 0.270 e. The minimum Gasteiger partial charge on any atom is -0.378 e. The van der Waals surface area contributed by atoms with Gasteiger partial charge in [0.2, 0.25) is 5.95 Å². The summed E-state index contributed by atoms with van der Waals surface area (Å²) in [5.41, 5.74) is 2.48. The lowest BCUT2D eigenvalue weighted by molar-refractivity contribution is -0.384. The molecule has 34 heavy (non-hydrogen) atoms. The molecular weight excluding hydrogens is 436 g/mol. The first-order valence-electron chi connectivity index (χ1n) is 11.6. The topological polar surface area (TPSA) is 106 Å². The Morgan fingerprint density at radius 3 is 2.62 bits per heavy atom. The second-order valence-corrected chi connectivity index (χ2v) is 8.11. The zero-order chi connectivity index (χ0) is 24.1. The van der Waals surface area contributed by atoms with Crippen molar-refractivity contribution in [3.05, 3.63) is 58.1 Å². The highest BCUT2D eigenvalue weighted by Gasteiger charge is 2.24.